The van der Waals surface area contributed by atoms with Crippen LogP contribution in [-0.2, 0) is 19.1 Å². The van der Waals surface area contributed by atoms with Crippen molar-refractivity contribution in [2.45, 2.75) is 32.1 Å². The number of likely N-dealkylation sites (N-methyl/N-ethyl adjacent to an activating group) is 1. The molecule has 10 nitrogen and oxygen atoms in total. The summed E-state index contributed by atoms with van der Waals surface area (Å²) < 4.78 is 69.0. The molecule has 0 aliphatic carbocycles. The van der Waals surface area contributed by atoms with Crippen molar-refractivity contribution in [3.63, 3.8) is 0 Å². The predicted molar refractivity (Wildman–Crippen MR) is 134 cm³/mol. The number of esters is 1. The molecule has 2 atom stereocenters. The van der Waals surface area contributed by atoms with Gasteiger partial charge in [-0.15, -0.1) is 11.3 Å². The van der Waals surface area contributed by atoms with Crippen molar-refractivity contribution >= 4 is 35.2 Å². The van der Waals surface area contributed by atoms with Crippen molar-refractivity contribution < 1.29 is 60.5 Å². The molecule has 2 aliphatic heterocycles. The minimum absolute atomic E-state index is 0.0761. The molecule has 0 spiro atoms. The fraction of sp³-hybridized carbons (Fsp3) is 0.667. The molecule has 41 heavy (non-hydrogen) atoms. The number of halogens is 6. The lowest BCUT2D eigenvalue weighted by molar-refractivity contribution is -0.193. The van der Waals surface area contributed by atoms with E-state index < -0.39 is 29.7 Å². The summed E-state index contributed by atoms with van der Waals surface area (Å²) in [6, 6.07) is 3.80. The molecule has 1 amide bonds. The standard InChI is InChI=1S/C20H31N3O3S.2C2HF3O2/c1-4-26-19(25)20-8-6-9-23(18(24)17-7-5-12-27-17)14-16(20)13-22(15-20)11-10-21(2)3;2*3-2(4,5)1(6)7/h5,7,12,16H,4,6,8-11,13-15H2,1-3H3;2*(H,6,7)/t16-,20+;;/m1../s1. The van der Waals surface area contributed by atoms with Gasteiger partial charge >= 0.3 is 30.3 Å². The number of carbonyl (C=O) groups excluding carboxylic acids is 2. The van der Waals surface area contributed by atoms with Crippen LogP contribution in [0.15, 0.2) is 17.5 Å². The number of aliphatic carboxylic acids is 2. The first-order chi connectivity index (χ1) is 18.8. The maximum absolute atomic E-state index is 13.0. The van der Waals surface area contributed by atoms with Crippen LogP contribution in [0.25, 0.3) is 0 Å². The van der Waals surface area contributed by atoms with E-state index in [9.17, 15) is 35.9 Å². The molecule has 17 heteroatoms. The Labute approximate surface area is 236 Å². The number of carbonyl (C=O) groups is 4. The first-order valence-electron chi connectivity index (χ1n) is 12.3. The number of hydrogen-bond donors (Lipinski definition) is 2. The lowest BCUT2D eigenvalue weighted by Gasteiger charge is -2.31. The van der Waals surface area contributed by atoms with E-state index in [1.165, 1.54) is 11.3 Å². The molecule has 0 bridgehead atoms. The Morgan fingerprint density at radius 2 is 1.63 bits per heavy atom. The van der Waals surface area contributed by atoms with Crippen LogP contribution in [0.5, 0.6) is 0 Å². The highest BCUT2D eigenvalue weighted by molar-refractivity contribution is 7.12. The Morgan fingerprint density at radius 1 is 1.07 bits per heavy atom. The maximum atomic E-state index is 13.0. The number of likely N-dealkylation sites (tertiary alicyclic amines) is 2. The summed E-state index contributed by atoms with van der Waals surface area (Å²) in [7, 11) is 4.13. The van der Waals surface area contributed by atoms with Gasteiger partial charge in [0.1, 0.15) is 0 Å². The van der Waals surface area contributed by atoms with Gasteiger partial charge in [0.15, 0.2) is 0 Å². The highest BCUT2D eigenvalue weighted by atomic mass is 32.1. The van der Waals surface area contributed by atoms with E-state index in [2.05, 4.69) is 23.9 Å². The van der Waals surface area contributed by atoms with Gasteiger partial charge in [0.05, 0.1) is 16.9 Å². The van der Waals surface area contributed by atoms with Gasteiger partial charge in [-0.2, -0.15) is 26.3 Å². The molecule has 0 radical (unpaired) electrons. The largest absolute Gasteiger partial charge is 0.490 e. The van der Waals surface area contributed by atoms with Gasteiger partial charge in [0.2, 0.25) is 0 Å². The summed E-state index contributed by atoms with van der Waals surface area (Å²) in [5, 5.41) is 16.2. The average Bonchev–Trinajstić information content (AvgIpc) is 3.47. The Morgan fingerprint density at radius 3 is 2.07 bits per heavy atom. The van der Waals surface area contributed by atoms with Crippen LogP contribution in [-0.4, -0.2) is 121 Å². The zero-order valence-corrected chi connectivity index (χ0v) is 23.4. The molecule has 3 heterocycles. The van der Waals surface area contributed by atoms with E-state index in [4.69, 9.17) is 24.5 Å². The minimum atomic E-state index is -5.08. The first kappa shape index (κ1) is 36.1. The number of carboxylic acid groups (broad SMARTS) is 2. The predicted octanol–water partition coefficient (Wildman–Crippen LogP) is 3.29. The second kappa shape index (κ2) is 15.3. The third-order valence-electron chi connectivity index (χ3n) is 6.31. The Balaban J connectivity index is 0.000000497. The second-order valence-electron chi connectivity index (χ2n) is 9.55. The van der Waals surface area contributed by atoms with Crippen molar-refractivity contribution in [1.82, 2.24) is 14.7 Å². The van der Waals surface area contributed by atoms with Crippen molar-refractivity contribution in [2.24, 2.45) is 11.3 Å². The van der Waals surface area contributed by atoms with Gasteiger partial charge < -0.3 is 29.6 Å². The Hall–Kier alpha value is -2.92. The van der Waals surface area contributed by atoms with E-state index in [1.54, 1.807) is 0 Å². The molecule has 2 saturated heterocycles. The van der Waals surface area contributed by atoms with Crippen LogP contribution in [0.1, 0.15) is 29.4 Å². The van der Waals surface area contributed by atoms with Crippen LogP contribution in [0.2, 0.25) is 0 Å². The number of hydrogen-bond acceptors (Lipinski definition) is 8. The number of carboxylic acids is 2. The summed E-state index contributed by atoms with van der Waals surface area (Å²) in [6.07, 6.45) is -8.53. The fourth-order valence-corrected chi connectivity index (χ4v) is 5.09. The third-order valence-corrected chi connectivity index (χ3v) is 7.16. The van der Waals surface area contributed by atoms with Gasteiger partial charge in [-0.1, -0.05) is 6.07 Å². The van der Waals surface area contributed by atoms with Gasteiger partial charge in [-0.3, -0.25) is 9.59 Å². The van der Waals surface area contributed by atoms with E-state index in [1.807, 2.05) is 29.3 Å². The van der Waals surface area contributed by atoms with Gasteiger partial charge in [0, 0.05) is 45.2 Å². The SMILES string of the molecule is CCOC(=O)[C@]12CCCN(C(=O)c3cccs3)C[C@H]1CN(CCN(C)C)C2.O=C(O)C(F)(F)F.O=C(O)C(F)(F)F. The van der Waals surface area contributed by atoms with E-state index >= 15 is 0 Å². The molecule has 2 fully saturated rings. The molecular formula is C24H33F6N3O7S. The van der Waals surface area contributed by atoms with E-state index in [-0.39, 0.29) is 17.8 Å². The number of alkyl halides is 6. The van der Waals surface area contributed by atoms with Crippen LogP contribution in [0.3, 0.4) is 0 Å². The van der Waals surface area contributed by atoms with Crippen molar-refractivity contribution in [2.75, 3.05) is 60.0 Å². The molecule has 1 aromatic heterocycles. The molecule has 0 saturated carbocycles. The molecular weight excluding hydrogens is 588 g/mol. The zero-order chi connectivity index (χ0) is 31.6. The number of thiophene rings is 1. The van der Waals surface area contributed by atoms with E-state index in [0.29, 0.717) is 19.7 Å². The molecule has 0 aromatic carbocycles. The molecule has 234 valence electrons. The lowest BCUT2D eigenvalue weighted by Crippen LogP contribution is -2.43. The van der Waals surface area contributed by atoms with Gasteiger partial charge in [0.25, 0.3) is 5.91 Å². The summed E-state index contributed by atoms with van der Waals surface area (Å²) in [5.41, 5.74) is -0.479. The quantitative estimate of drug-likeness (QED) is 0.363. The lowest BCUT2D eigenvalue weighted by atomic mass is 9.75. The van der Waals surface area contributed by atoms with Crippen LogP contribution >= 0.6 is 11.3 Å². The van der Waals surface area contributed by atoms with Crippen LogP contribution in [0, 0.1) is 11.3 Å². The van der Waals surface area contributed by atoms with Gasteiger partial charge in [-0.05, 0) is 45.3 Å². The van der Waals surface area contributed by atoms with Crippen LogP contribution in [0.4, 0.5) is 26.3 Å². The van der Waals surface area contributed by atoms with Crippen molar-refractivity contribution in [3.05, 3.63) is 22.4 Å². The number of amides is 1. The van der Waals surface area contributed by atoms with Crippen LogP contribution < -0.4 is 0 Å². The number of fused-ring (bicyclic) bond motifs is 1. The molecule has 3 rings (SSSR count). The topological polar surface area (TPSA) is 128 Å². The molecule has 2 N–H and O–H groups in total. The average molecular weight is 622 g/mol. The first-order valence-corrected chi connectivity index (χ1v) is 13.2. The second-order valence-corrected chi connectivity index (χ2v) is 10.5. The highest BCUT2D eigenvalue weighted by Crippen LogP contribution is 2.44. The molecule has 2 aliphatic rings. The fourth-order valence-electron chi connectivity index (χ4n) is 4.40. The summed E-state index contributed by atoms with van der Waals surface area (Å²) in [6.45, 7) is 7.10. The number of rotatable bonds is 6. The monoisotopic (exact) mass is 621 g/mol. The summed E-state index contributed by atoms with van der Waals surface area (Å²) in [4.78, 5) is 50.9. The zero-order valence-electron chi connectivity index (χ0n) is 22.6. The molecule has 0 unspecified atom stereocenters. The number of ether oxygens (including phenoxy) is 1. The maximum Gasteiger partial charge on any atom is 0.490 e. The Kier molecular flexibility index (Phi) is 13.5. The summed E-state index contributed by atoms with van der Waals surface area (Å²) in [5.74, 6) is -5.37. The number of nitrogens with zero attached hydrogens (tertiary/aromatic N) is 3. The van der Waals surface area contributed by atoms with Gasteiger partial charge in [-0.25, -0.2) is 9.59 Å². The highest BCUT2D eigenvalue weighted by Gasteiger charge is 2.54. The third kappa shape index (κ3) is 11.1. The van der Waals surface area contributed by atoms with Crippen molar-refractivity contribution in [1.29, 1.82) is 0 Å². The van der Waals surface area contributed by atoms with Crippen molar-refractivity contribution in [3.8, 4) is 0 Å². The summed E-state index contributed by atoms with van der Waals surface area (Å²) >= 11 is 1.48. The minimum Gasteiger partial charge on any atom is -0.475 e. The normalized spacial score (nSPS) is 21.0. The van der Waals surface area contributed by atoms with E-state index in [0.717, 1.165) is 43.9 Å². The Bertz CT molecular complexity index is 996. The smallest absolute Gasteiger partial charge is 0.475 e. The molecule has 1 aromatic rings.